The molecule has 1 aromatic heterocycles. The molecular weight excluding hydrogens is 440 g/mol. The number of para-hydroxylation sites is 1. The Morgan fingerprint density at radius 3 is 2.60 bits per heavy atom. The van der Waals surface area contributed by atoms with Gasteiger partial charge in [0.1, 0.15) is 12.1 Å². The minimum absolute atomic E-state index is 0.00890. The zero-order valence-electron chi connectivity index (χ0n) is 20.0. The van der Waals surface area contributed by atoms with Crippen LogP contribution in [0.25, 0.3) is 10.9 Å². The van der Waals surface area contributed by atoms with Crippen LogP contribution < -0.4 is 11.1 Å². The van der Waals surface area contributed by atoms with Gasteiger partial charge in [-0.1, -0.05) is 55.0 Å². The highest BCUT2D eigenvalue weighted by Gasteiger charge is 2.35. The molecule has 4 N–H and O–H groups in total. The van der Waals surface area contributed by atoms with Crippen LogP contribution in [0.4, 0.5) is 0 Å². The van der Waals surface area contributed by atoms with Crippen LogP contribution in [0, 0.1) is 0 Å². The molecule has 1 fully saturated rings. The van der Waals surface area contributed by atoms with Crippen LogP contribution in [0.15, 0.2) is 60.8 Å². The number of nitrogens with one attached hydrogen (secondary N) is 2. The van der Waals surface area contributed by atoms with E-state index in [4.69, 9.17) is 5.73 Å². The zero-order chi connectivity index (χ0) is 24.6. The molecule has 1 saturated heterocycles. The van der Waals surface area contributed by atoms with Gasteiger partial charge < -0.3 is 20.9 Å². The van der Waals surface area contributed by atoms with Gasteiger partial charge in [-0.3, -0.25) is 14.4 Å². The van der Waals surface area contributed by atoms with Crippen LogP contribution in [-0.4, -0.2) is 46.2 Å². The predicted octanol–water partition coefficient (Wildman–Crippen LogP) is 3.47. The Labute approximate surface area is 206 Å². The number of carbonyl (C=O) groups is 3. The quantitative estimate of drug-likeness (QED) is 0.370. The summed E-state index contributed by atoms with van der Waals surface area (Å²) in [6.45, 7) is 0.574. The summed E-state index contributed by atoms with van der Waals surface area (Å²) in [5.41, 5.74) is 8.82. The van der Waals surface area contributed by atoms with Crippen LogP contribution in [0.5, 0.6) is 0 Å². The average Bonchev–Trinajstić information content (AvgIpc) is 3.52. The fraction of sp³-hybridized carbons (Fsp3) is 0.393. The maximum Gasteiger partial charge on any atom is 0.243 e. The first-order valence-corrected chi connectivity index (χ1v) is 12.5. The molecule has 1 aliphatic heterocycles. The fourth-order valence-corrected chi connectivity index (χ4v) is 4.92. The number of hydrogen-bond acceptors (Lipinski definition) is 3. The average molecular weight is 475 g/mol. The first kappa shape index (κ1) is 24.5. The number of fused-ring (bicyclic) bond motifs is 1. The number of primary amides is 1. The number of nitrogens with zero attached hydrogens (tertiary/aromatic N) is 1. The molecule has 2 heterocycles. The largest absolute Gasteiger partial charge is 0.368 e. The molecule has 0 bridgehead atoms. The van der Waals surface area contributed by atoms with Crippen molar-refractivity contribution in [2.75, 3.05) is 6.54 Å². The third kappa shape index (κ3) is 6.29. The molecular formula is C28H34N4O3. The number of hydrogen-bond donors (Lipinski definition) is 3. The molecule has 0 unspecified atom stereocenters. The fourth-order valence-electron chi connectivity index (χ4n) is 4.92. The monoisotopic (exact) mass is 474 g/mol. The molecule has 7 heteroatoms. The van der Waals surface area contributed by atoms with Gasteiger partial charge in [-0.15, -0.1) is 0 Å². The number of rotatable bonds is 11. The highest BCUT2D eigenvalue weighted by molar-refractivity contribution is 5.92. The van der Waals surface area contributed by atoms with Crippen molar-refractivity contribution < 1.29 is 14.4 Å². The number of amides is 3. The summed E-state index contributed by atoms with van der Waals surface area (Å²) in [5, 5.41) is 3.82. The molecule has 0 saturated carbocycles. The molecule has 7 nitrogen and oxygen atoms in total. The van der Waals surface area contributed by atoms with Gasteiger partial charge in [0.15, 0.2) is 0 Å². The standard InChI is InChI=1S/C28H34N4O3/c29-27(34)24(18-21-19-30-23-14-8-7-13-22(21)23)31-28(35)25-15-9-17-32(25)26(33)16-6-2-5-12-20-10-3-1-4-11-20/h1,3-4,7-8,10-11,13-14,19,24-25,30H,2,5-6,9,12,15-18H2,(H2,29,34)(H,31,35)/t24-,25-/m0/s1. The van der Waals surface area contributed by atoms with Gasteiger partial charge in [0, 0.05) is 36.5 Å². The van der Waals surface area contributed by atoms with E-state index in [9.17, 15) is 14.4 Å². The summed E-state index contributed by atoms with van der Waals surface area (Å²) in [6.07, 6.45) is 7.78. The molecule has 0 spiro atoms. The Hall–Kier alpha value is -3.61. The Morgan fingerprint density at radius 2 is 1.80 bits per heavy atom. The van der Waals surface area contributed by atoms with E-state index < -0.39 is 18.0 Å². The first-order chi connectivity index (χ1) is 17.0. The number of nitrogens with two attached hydrogens (primary N) is 1. The van der Waals surface area contributed by atoms with E-state index >= 15 is 0 Å². The number of carbonyl (C=O) groups excluding carboxylic acids is 3. The van der Waals surface area contributed by atoms with Crippen LogP contribution in [0.1, 0.15) is 49.7 Å². The van der Waals surface area contributed by atoms with Crippen LogP contribution >= 0.6 is 0 Å². The summed E-state index contributed by atoms with van der Waals surface area (Å²) >= 11 is 0. The Balaban J connectivity index is 1.28. The summed E-state index contributed by atoms with van der Waals surface area (Å²) in [4.78, 5) is 43.0. The molecule has 0 aliphatic carbocycles. The lowest BCUT2D eigenvalue weighted by Gasteiger charge is -2.26. The highest BCUT2D eigenvalue weighted by Crippen LogP contribution is 2.22. The SMILES string of the molecule is NC(=O)[C@H](Cc1c[nH]c2ccccc12)NC(=O)[C@@H]1CCCN1C(=O)CCCCCc1ccccc1. The van der Waals surface area contributed by atoms with Crippen LogP contribution in [0.3, 0.4) is 0 Å². The lowest BCUT2D eigenvalue weighted by molar-refractivity contribution is -0.139. The molecule has 1 aliphatic rings. The van der Waals surface area contributed by atoms with Crippen molar-refractivity contribution in [3.05, 3.63) is 71.9 Å². The maximum atomic E-state index is 13.1. The van der Waals surface area contributed by atoms with Gasteiger partial charge >= 0.3 is 0 Å². The van der Waals surface area contributed by atoms with Gasteiger partial charge in [0.05, 0.1) is 0 Å². The second-order valence-corrected chi connectivity index (χ2v) is 9.32. The third-order valence-corrected chi connectivity index (χ3v) is 6.83. The molecule has 3 amide bonds. The summed E-state index contributed by atoms with van der Waals surface area (Å²) in [6, 6.07) is 16.8. The lowest BCUT2D eigenvalue weighted by atomic mass is 10.0. The van der Waals surface area contributed by atoms with Gasteiger partial charge in [-0.2, -0.15) is 0 Å². The van der Waals surface area contributed by atoms with Crippen molar-refractivity contribution in [2.24, 2.45) is 5.73 Å². The zero-order valence-corrected chi connectivity index (χ0v) is 20.0. The Morgan fingerprint density at radius 1 is 1.03 bits per heavy atom. The Kier molecular flexibility index (Phi) is 8.19. The number of benzene rings is 2. The van der Waals surface area contributed by atoms with E-state index in [-0.39, 0.29) is 11.8 Å². The second-order valence-electron chi connectivity index (χ2n) is 9.32. The van der Waals surface area contributed by atoms with Gasteiger partial charge in [-0.25, -0.2) is 0 Å². The number of unbranched alkanes of at least 4 members (excludes halogenated alkanes) is 2. The summed E-state index contributed by atoms with van der Waals surface area (Å²) < 4.78 is 0. The van der Waals surface area contributed by atoms with Gasteiger partial charge in [0.2, 0.25) is 17.7 Å². The molecule has 2 aromatic carbocycles. The number of aromatic amines is 1. The van der Waals surface area contributed by atoms with E-state index in [0.717, 1.165) is 48.6 Å². The normalized spacial score (nSPS) is 16.3. The third-order valence-electron chi connectivity index (χ3n) is 6.83. The lowest BCUT2D eigenvalue weighted by Crippen LogP contribution is -2.53. The minimum Gasteiger partial charge on any atom is -0.368 e. The van der Waals surface area contributed by atoms with Crippen LogP contribution in [0.2, 0.25) is 0 Å². The van der Waals surface area contributed by atoms with Crippen molar-refractivity contribution in [2.45, 2.75) is 63.5 Å². The second kappa shape index (κ2) is 11.7. The molecule has 2 atom stereocenters. The van der Waals surface area contributed by atoms with Crippen molar-refractivity contribution in [1.82, 2.24) is 15.2 Å². The predicted molar refractivity (Wildman–Crippen MR) is 136 cm³/mol. The van der Waals surface area contributed by atoms with E-state index in [2.05, 4.69) is 22.4 Å². The first-order valence-electron chi connectivity index (χ1n) is 12.5. The molecule has 184 valence electrons. The van der Waals surface area contributed by atoms with E-state index in [1.165, 1.54) is 5.56 Å². The number of likely N-dealkylation sites (tertiary alicyclic amines) is 1. The summed E-state index contributed by atoms with van der Waals surface area (Å²) in [7, 11) is 0. The van der Waals surface area contributed by atoms with Crippen molar-refractivity contribution >= 4 is 28.6 Å². The Bertz CT molecular complexity index is 1160. The maximum absolute atomic E-state index is 13.1. The van der Waals surface area contributed by atoms with Crippen molar-refractivity contribution in [1.29, 1.82) is 0 Å². The number of H-pyrrole nitrogens is 1. The molecule has 35 heavy (non-hydrogen) atoms. The van der Waals surface area contributed by atoms with Gasteiger partial charge in [-0.05, 0) is 49.3 Å². The summed E-state index contributed by atoms with van der Waals surface area (Å²) in [5.74, 6) is -0.879. The van der Waals surface area contributed by atoms with Crippen LogP contribution in [-0.2, 0) is 27.2 Å². The van der Waals surface area contributed by atoms with E-state index in [1.54, 1.807) is 4.90 Å². The van der Waals surface area contributed by atoms with E-state index in [1.807, 2.05) is 48.7 Å². The van der Waals surface area contributed by atoms with Crippen molar-refractivity contribution in [3.63, 3.8) is 0 Å². The molecule has 3 aromatic rings. The minimum atomic E-state index is -0.836. The van der Waals surface area contributed by atoms with Crippen molar-refractivity contribution in [3.8, 4) is 0 Å². The van der Waals surface area contributed by atoms with Gasteiger partial charge in [0.25, 0.3) is 0 Å². The smallest absolute Gasteiger partial charge is 0.243 e. The number of aryl methyl sites for hydroxylation is 1. The highest BCUT2D eigenvalue weighted by atomic mass is 16.2. The topological polar surface area (TPSA) is 108 Å². The molecule has 0 radical (unpaired) electrons. The molecule has 4 rings (SSSR count). The van der Waals surface area contributed by atoms with E-state index in [0.29, 0.717) is 25.8 Å². The number of aromatic nitrogens is 1.